The van der Waals surface area contributed by atoms with Crippen LogP contribution in [0.1, 0.15) is 16.2 Å². The number of rotatable bonds is 5. The zero-order valence-electron chi connectivity index (χ0n) is 11.4. The highest BCUT2D eigenvalue weighted by atomic mass is 16.5. The number of hydrogen-bond donors (Lipinski definition) is 1. The Labute approximate surface area is 116 Å². The molecule has 1 heterocycles. The van der Waals surface area contributed by atoms with Crippen LogP contribution >= 0.6 is 0 Å². The standard InChI is InChI=1S/C14H16N2O4/c1-4-7-20-13-9(14(18)19-3)5-6-10-12(13)16(2)11(8-17)15-10/h4-6,17H,1,7-8H2,2-3H3. The lowest BCUT2D eigenvalue weighted by Crippen LogP contribution is -2.07. The van der Waals surface area contributed by atoms with E-state index in [1.54, 1.807) is 29.8 Å². The van der Waals surface area contributed by atoms with E-state index in [-0.39, 0.29) is 13.2 Å². The third-order valence-electron chi connectivity index (χ3n) is 2.97. The van der Waals surface area contributed by atoms with Crippen LogP contribution in [0.3, 0.4) is 0 Å². The molecule has 106 valence electrons. The molecule has 0 saturated carbocycles. The summed E-state index contributed by atoms with van der Waals surface area (Å²) in [6, 6.07) is 3.29. The number of aliphatic hydroxyl groups is 1. The maximum Gasteiger partial charge on any atom is 0.341 e. The second kappa shape index (κ2) is 5.75. The molecule has 2 aromatic rings. The summed E-state index contributed by atoms with van der Waals surface area (Å²) in [6.45, 7) is 3.65. The molecule has 20 heavy (non-hydrogen) atoms. The normalized spacial score (nSPS) is 10.6. The van der Waals surface area contributed by atoms with Gasteiger partial charge in [-0.3, -0.25) is 0 Å². The molecule has 0 atom stereocenters. The van der Waals surface area contributed by atoms with E-state index in [0.717, 1.165) is 0 Å². The van der Waals surface area contributed by atoms with Crippen LogP contribution in [0.4, 0.5) is 0 Å². The highest BCUT2D eigenvalue weighted by Crippen LogP contribution is 2.31. The van der Waals surface area contributed by atoms with Crippen LogP contribution in [0.15, 0.2) is 24.8 Å². The lowest BCUT2D eigenvalue weighted by molar-refractivity contribution is 0.0597. The largest absolute Gasteiger partial charge is 0.486 e. The zero-order valence-corrected chi connectivity index (χ0v) is 11.4. The van der Waals surface area contributed by atoms with E-state index >= 15 is 0 Å². The van der Waals surface area contributed by atoms with E-state index in [2.05, 4.69) is 11.6 Å². The summed E-state index contributed by atoms with van der Waals surface area (Å²) in [4.78, 5) is 16.1. The minimum Gasteiger partial charge on any atom is -0.486 e. The summed E-state index contributed by atoms with van der Waals surface area (Å²) in [5.74, 6) is 0.382. The molecule has 0 radical (unpaired) electrons. The van der Waals surface area contributed by atoms with Crippen molar-refractivity contribution < 1.29 is 19.4 Å². The van der Waals surface area contributed by atoms with Crippen LogP contribution in [-0.4, -0.2) is 34.3 Å². The molecule has 1 N–H and O–H groups in total. The number of aromatic nitrogens is 2. The number of imidazole rings is 1. The van der Waals surface area contributed by atoms with Crippen molar-refractivity contribution in [2.45, 2.75) is 6.61 Å². The SMILES string of the molecule is C=CCOc1c(C(=O)OC)ccc2nc(CO)n(C)c12. The van der Waals surface area contributed by atoms with Crippen molar-refractivity contribution in [1.29, 1.82) is 0 Å². The van der Waals surface area contributed by atoms with E-state index in [1.165, 1.54) is 7.11 Å². The first-order chi connectivity index (χ1) is 9.63. The van der Waals surface area contributed by atoms with Crippen molar-refractivity contribution in [3.63, 3.8) is 0 Å². The van der Waals surface area contributed by atoms with E-state index in [9.17, 15) is 9.90 Å². The summed E-state index contributed by atoms with van der Waals surface area (Å²) in [6.07, 6.45) is 1.59. The smallest absolute Gasteiger partial charge is 0.341 e. The predicted molar refractivity (Wildman–Crippen MR) is 73.7 cm³/mol. The summed E-state index contributed by atoms with van der Waals surface area (Å²) < 4.78 is 12.0. The van der Waals surface area contributed by atoms with E-state index in [1.807, 2.05) is 0 Å². The maximum atomic E-state index is 11.8. The first kappa shape index (κ1) is 14.1. The fourth-order valence-corrected chi connectivity index (χ4v) is 2.02. The molecule has 1 aromatic heterocycles. The fourth-order valence-electron chi connectivity index (χ4n) is 2.02. The van der Waals surface area contributed by atoms with Gasteiger partial charge in [0.15, 0.2) is 5.75 Å². The quantitative estimate of drug-likeness (QED) is 0.660. The van der Waals surface area contributed by atoms with Crippen molar-refractivity contribution in [3.8, 4) is 5.75 Å². The Balaban J connectivity index is 2.71. The molecule has 0 amide bonds. The van der Waals surface area contributed by atoms with E-state index < -0.39 is 5.97 Å². The molecular weight excluding hydrogens is 260 g/mol. The molecule has 0 aliphatic carbocycles. The van der Waals surface area contributed by atoms with Gasteiger partial charge in [0.2, 0.25) is 0 Å². The Bertz CT molecular complexity index is 661. The van der Waals surface area contributed by atoms with Crippen LogP contribution in [0.25, 0.3) is 11.0 Å². The number of aliphatic hydroxyl groups excluding tert-OH is 1. The van der Waals surface area contributed by atoms with Crippen LogP contribution in [-0.2, 0) is 18.4 Å². The second-order valence-corrected chi connectivity index (χ2v) is 4.15. The molecule has 0 aliphatic heterocycles. The van der Waals surface area contributed by atoms with Gasteiger partial charge in [0.1, 0.15) is 30.1 Å². The van der Waals surface area contributed by atoms with Crippen molar-refractivity contribution >= 4 is 17.0 Å². The number of methoxy groups -OCH3 is 1. The summed E-state index contributed by atoms with van der Waals surface area (Å²) in [7, 11) is 3.06. The summed E-state index contributed by atoms with van der Waals surface area (Å²) in [5, 5.41) is 9.28. The first-order valence-corrected chi connectivity index (χ1v) is 6.05. The number of carbonyl (C=O) groups is 1. The monoisotopic (exact) mass is 276 g/mol. The fraction of sp³-hybridized carbons (Fsp3) is 0.286. The number of aryl methyl sites for hydroxylation is 1. The molecule has 0 bridgehead atoms. The molecule has 0 fully saturated rings. The number of nitrogens with zero attached hydrogens (tertiary/aromatic N) is 2. The van der Waals surface area contributed by atoms with Crippen LogP contribution in [0.2, 0.25) is 0 Å². The summed E-state index contributed by atoms with van der Waals surface area (Å²) >= 11 is 0. The molecule has 0 saturated heterocycles. The first-order valence-electron chi connectivity index (χ1n) is 6.05. The molecular formula is C14H16N2O4. The lowest BCUT2D eigenvalue weighted by Gasteiger charge is -2.11. The summed E-state index contributed by atoms with van der Waals surface area (Å²) in [5.41, 5.74) is 1.59. The van der Waals surface area contributed by atoms with Crippen molar-refractivity contribution in [2.75, 3.05) is 13.7 Å². The van der Waals surface area contributed by atoms with Gasteiger partial charge in [0, 0.05) is 7.05 Å². The van der Waals surface area contributed by atoms with Gasteiger partial charge in [0.25, 0.3) is 0 Å². The number of hydrogen-bond acceptors (Lipinski definition) is 5. The molecule has 0 spiro atoms. The van der Waals surface area contributed by atoms with Crippen molar-refractivity contribution in [2.24, 2.45) is 7.05 Å². The van der Waals surface area contributed by atoms with Gasteiger partial charge in [-0.2, -0.15) is 0 Å². The van der Waals surface area contributed by atoms with Gasteiger partial charge in [0.05, 0.1) is 12.6 Å². The molecule has 6 nitrogen and oxygen atoms in total. The van der Waals surface area contributed by atoms with E-state index in [0.29, 0.717) is 28.2 Å². The van der Waals surface area contributed by atoms with Crippen molar-refractivity contribution in [1.82, 2.24) is 9.55 Å². The van der Waals surface area contributed by atoms with Gasteiger partial charge in [-0.15, -0.1) is 0 Å². The third kappa shape index (κ3) is 2.25. The lowest BCUT2D eigenvalue weighted by atomic mass is 10.1. The van der Waals surface area contributed by atoms with Crippen molar-refractivity contribution in [3.05, 3.63) is 36.2 Å². The highest BCUT2D eigenvalue weighted by Gasteiger charge is 2.20. The Hall–Kier alpha value is -2.34. The Kier molecular flexibility index (Phi) is 4.05. The Morgan fingerprint density at radius 3 is 2.90 bits per heavy atom. The number of carbonyl (C=O) groups excluding carboxylic acids is 1. The topological polar surface area (TPSA) is 73.6 Å². The third-order valence-corrected chi connectivity index (χ3v) is 2.97. The van der Waals surface area contributed by atoms with Gasteiger partial charge >= 0.3 is 5.97 Å². The van der Waals surface area contributed by atoms with E-state index in [4.69, 9.17) is 9.47 Å². The minimum atomic E-state index is -0.488. The van der Waals surface area contributed by atoms with Gasteiger partial charge in [-0.1, -0.05) is 12.7 Å². The van der Waals surface area contributed by atoms with Crippen LogP contribution in [0, 0.1) is 0 Å². The molecule has 0 aliphatic rings. The zero-order chi connectivity index (χ0) is 14.7. The van der Waals surface area contributed by atoms with Gasteiger partial charge < -0.3 is 19.1 Å². The molecule has 1 aromatic carbocycles. The van der Waals surface area contributed by atoms with Gasteiger partial charge in [-0.05, 0) is 12.1 Å². The second-order valence-electron chi connectivity index (χ2n) is 4.15. The molecule has 0 unspecified atom stereocenters. The molecule has 6 heteroatoms. The number of benzene rings is 1. The average molecular weight is 276 g/mol. The highest BCUT2D eigenvalue weighted by molar-refractivity contribution is 5.99. The minimum absolute atomic E-state index is 0.195. The maximum absolute atomic E-state index is 11.8. The molecule has 2 rings (SSSR count). The van der Waals surface area contributed by atoms with Gasteiger partial charge in [-0.25, -0.2) is 9.78 Å². The predicted octanol–water partition coefficient (Wildman–Crippen LogP) is 1.42. The van der Waals surface area contributed by atoms with Crippen LogP contribution < -0.4 is 4.74 Å². The van der Waals surface area contributed by atoms with Crippen LogP contribution in [0.5, 0.6) is 5.75 Å². The average Bonchev–Trinajstić information content (AvgIpc) is 2.80. The Morgan fingerprint density at radius 2 is 2.30 bits per heavy atom. The Morgan fingerprint density at radius 1 is 1.55 bits per heavy atom. The number of ether oxygens (including phenoxy) is 2. The number of esters is 1. The number of fused-ring (bicyclic) bond motifs is 1.